The van der Waals surface area contributed by atoms with Crippen LogP contribution in [0.15, 0.2) is 23.1 Å². The first-order valence-electron chi connectivity index (χ1n) is 5.53. The third-order valence-electron chi connectivity index (χ3n) is 3.06. The second-order valence-electron chi connectivity index (χ2n) is 4.22. The predicted octanol–water partition coefficient (Wildman–Crippen LogP) is 1.53. The first-order chi connectivity index (χ1) is 8.43. The van der Waals surface area contributed by atoms with Crippen molar-refractivity contribution in [3.63, 3.8) is 0 Å². The molecular weight excluding hydrogens is 275 g/mol. The van der Waals surface area contributed by atoms with Crippen molar-refractivity contribution in [1.82, 2.24) is 4.31 Å². The molecule has 0 aliphatic carbocycles. The molecule has 1 aromatic rings. The fourth-order valence-corrected chi connectivity index (χ4v) is 4.64. The Hall–Kier alpha value is -0.790. The number of sulfonamides is 1. The molecule has 0 bridgehead atoms. The number of rotatable bonds is 3. The topological polar surface area (TPSA) is 63.4 Å². The SMILES string of the molecule is CN(C1CCSC1)S(=O)(=O)c1ccc(F)c(N)c1. The molecule has 1 heterocycles. The predicted molar refractivity (Wildman–Crippen MR) is 71.5 cm³/mol. The average Bonchev–Trinajstić information content (AvgIpc) is 2.85. The molecule has 0 amide bonds. The molecule has 1 unspecified atom stereocenters. The van der Waals surface area contributed by atoms with Crippen molar-refractivity contribution >= 4 is 27.5 Å². The maximum atomic E-state index is 13.1. The molecule has 1 aliphatic rings. The van der Waals surface area contributed by atoms with E-state index in [2.05, 4.69) is 0 Å². The lowest BCUT2D eigenvalue weighted by molar-refractivity contribution is 0.394. The summed E-state index contributed by atoms with van der Waals surface area (Å²) in [6.07, 6.45) is 0.844. The van der Waals surface area contributed by atoms with Gasteiger partial charge in [0, 0.05) is 18.8 Å². The number of nitrogens with two attached hydrogens (primary N) is 1. The summed E-state index contributed by atoms with van der Waals surface area (Å²) in [5.41, 5.74) is 5.26. The zero-order valence-electron chi connectivity index (χ0n) is 9.97. The van der Waals surface area contributed by atoms with Crippen LogP contribution in [0.5, 0.6) is 0 Å². The minimum atomic E-state index is -3.59. The van der Waals surface area contributed by atoms with E-state index in [4.69, 9.17) is 5.73 Å². The summed E-state index contributed by atoms with van der Waals surface area (Å²) in [6, 6.07) is 3.51. The third kappa shape index (κ3) is 2.48. The number of thioether (sulfide) groups is 1. The molecule has 100 valence electrons. The minimum absolute atomic E-state index is 0.00581. The van der Waals surface area contributed by atoms with Crippen LogP contribution in [0.3, 0.4) is 0 Å². The van der Waals surface area contributed by atoms with Crippen molar-refractivity contribution in [1.29, 1.82) is 0 Å². The highest BCUT2D eigenvalue weighted by Gasteiger charge is 2.30. The second kappa shape index (κ2) is 5.07. The number of anilines is 1. The summed E-state index contributed by atoms with van der Waals surface area (Å²) >= 11 is 1.74. The average molecular weight is 290 g/mol. The van der Waals surface area contributed by atoms with Gasteiger partial charge < -0.3 is 5.73 Å². The molecule has 0 spiro atoms. The van der Waals surface area contributed by atoms with Crippen LogP contribution in [0.4, 0.5) is 10.1 Å². The first kappa shape index (κ1) is 13.6. The van der Waals surface area contributed by atoms with Crippen LogP contribution in [0, 0.1) is 5.82 Å². The van der Waals surface area contributed by atoms with Crippen molar-refractivity contribution in [2.24, 2.45) is 0 Å². The summed E-state index contributed by atoms with van der Waals surface area (Å²) in [5.74, 6) is 1.16. The normalized spacial score (nSPS) is 20.5. The van der Waals surface area contributed by atoms with Gasteiger partial charge in [0.15, 0.2) is 0 Å². The minimum Gasteiger partial charge on any atom is -0.396 e. The number of hydrogen-bond donors (Lipinski definition) is 1. The van der Waals surface area contributed by atoms with Crippen molar-refractivity contribution in [3.8, 4) is 0 Å². The molecule has 0 radical (unpaired) electrons. The lowest BCUT2D eigenvalue weighted by Crippen LogP contribution is -2.37. The van der Waals surface area contributed by atoms with E-state index in [1.54, 1.807) is 18.8 Å². The monoisotopic (exact) mass is 290 g/mol. The smallest absolute Gasteiger partial charge is 0.243 e. The van der Waals surface area contributed by atoms with Gasteiger partial charge in [-0.25, -0.2) is 12.8 Å². The van der Waals surface area contributed by atoms with E-state index in [9.17, 15) is 12.8 Å². The number of halogens is 1. The maximum Gasteiger partial charge on any atom is 0.243 e. The van der Waals surface area contributed by atoms with E-state index < -0.39 is 15.8 Å². The van der Waals surface area contributed by atoms with E-state index in [1.165, 1.54) is 16.4 Å². The largest absolute Gasteiger partial charge is 0.396 e. The quantitative estimate of drug-likeness (QED) is 0.858. The lowest BCUT2D eigenvalue weighted by Gasteiger charge is -2.23. The Balaban J connectivity index is 2.32. The Morgan fingerprint density at radius 3 is 2.78 bits per heavy atom. The van der Waals surface area contributed by atoms with Gasteiger partial charge in [0.1, 0.15) is 5.82 Å². The first-order valence-corrected chi connectivity index (χ1v) is 8.13. The molecule has 1 atom stereocenters. The van der Waals surface area contributed by atoms with E-state index >= 15 is 0 Å². The van der Waals surface area contributed by atoms with Gasteiger partial charge in [0.25, 0.3) is 0 Å². The van der Waals surface area contributed by atoms with E-state index in [1.807, 2.05) is 0 Å². The van der Waals surface area contributed by atoms with Gasteiger partial charge in [-0.2, -0.15) is 16.1 Å². The summed E-state index contributed by atoms with van der Waals surface area (Å²) in [5, 5.41) is 0. The van der Waals surface area contributed by atoms with Gasteiger partial charge in [-0.05, 0) is 30.4 Å². The Morgan fingerprint density at radius 1 is 1.50 bits per heavy atom. The summed E-state index contributed by atoms with van der Waals surface area (Å²) < 4.78 is 39.1. The zero-order valence-corrected chi connectivity index (χ0v) is 11.6. The number of hydrogen-bond acceptors (Lipinski definition) is 4. The number of nitrogen functional groups attached to an aromatic ring is 1. The zero-order chi connectivity index (χ0) is 13.3. The van der Waals surface area contributed by atoms with Gasteiger partial charge in [0.05, 0.1) is 10.6 Å². The van der Waals surface area contributed by atoms with Crippen molar-refractivity contribution in [2.75, 3.05) is 24.3 Å². The van der Waals surface area contributed by atoms with Crippen molar-refractivity contribution in [2.45, 2.75) is 17.4 Å². The van der Waals surface area contributed by atoms with Crippen LogP contribution in [0.2, 0.25) is 0 Å². The molecule has 1 saturated heterocycles. The molecule has 4 nitrogen and oxygen atoms in total. The highest BCUT2D eigenvalue weighted by molar-refractivity contribution is 7.99. The van der Waals surface area contributed by atoms with Crippen LogP contribution < -0.4 is 5.73 Å². The van der Waals surface area contributed by atoms with Gasteiger partial charge in [-0.1, -0.05) is 0 Å². The molecule has 0 saturated carbocycles. The Morgan fingerprint density at radius 2 is 2.22 bits per heavy atom. The highest BCUT2D eigenvalue weighted by atomic mass is 32.2. The summed E-state index contributed by atoms with van der Waals surface area (Å²) in [4.78, 5) is 0.0424. The van der Waals surface area contributed by atoms with E-state index in [0.717, 1.165) is 24.0 Å². The number of nitrogens with zero attached hydrogens (tertiary/aromatic N) is 1. The standard InChI is InChI=1S/C11H15FN2O2S2/c1-14(8-4-5-17-7-8)18(15,16)9-2-3-10(12)11(13)6-9/h2-3,6,8H,4-5,7,13H2,1H3. The molecule has 18 heavy (non-hydrogen) atoms. The van der Waals surface area contributed by atoms with Gasteiger partial charge >= 0.3 is 0 Å². The molecule has 7 heteroatoms. The molecule has 2 rings (SSSR count). The van der Waals surface area contributed by atoms with Crippen LogP contribution in [-0.4, -0.2) is 37.3 Å². The van der Waals surface area contributed by atoms with Crippen LogP contribution in [0.25, 0.3) is 0 Å². The summed E-state index contributed by atoms with van der Waals surface area (Å²) in [7, 11) is -2.03. The van der Waals surface area contributed by atoms with Crippen molar-refractivity contribution < 1.29 is 12.8 Å². The molecule has 0 aromatic heterocycles. The van der Waals surface area contributed by atoms with Crippen LogP contribution in [0.1, 0.15) is 6.42 Å². The molecular formula is C11H15FN2O2S2. The molecule has 1 fully saturated rings. The fraction of sp³-hybridized carbons (Fsp3) is 0.455. The Kier molecular flexibility index (Phi) is 3.84. The summed E-state index contributed by atoms with van der Waals surface area (Å²) in [6.45, 7) is 0. The Bertz CT molecular complexity index is 542. The molecule has 1 aliphatic heterocycles. The van der Waals surface area contributed by atoms with Crippen LogP contribution >= 0.6 is 11.8 Å². The van der Waals surface area contributed by atoms with E-state index in [0.29, 0.717) is 0 Å². The second-order valence-corrected chi connectivity index (χ2v) is 7.37. The molecule has 2 N–H and O–H groups in total. The Labute approximate surface area is 110 Å². The highest BCUT2D eigenvalue weighted by Crippen LogP contribution is 2.27. The maximum absolute atomic E-state index is 13.1. The van der Waals surface area contributed by atoms with Crippen molar-refractivity contribution in [3.05, 3.63) is 24.0 Å². The fourth-order valence-electron chi connectivity index (χ4n) is 1.85. The van der Waals surface area contributed by atoms with E-state index in [-0.39, 0.29) is 16.6 Å². The van der Waals surface area contributed by atoms with Gasteiger partial charge in [-0.15, -0.1) is 0 Å². The number of benzene rings is 1. The molecule has 1 aromatic carbocycles. The lowest BCUT2D eigenvalue weighted by atomic mass is 10.3. The third-order valence-corrected chi connectivity index (χ3v) is 6.12. The van der Waals surface area contributed by atoms with Crippen LogP contribution in [-0.2, 0) is 10.0 Å². The van der Waals surface area contributed by atoms with Gasteiger partial charge in [0.2, 0.25) is 10.0 Å². The van der Waals surface area contributed by atoms with Gasteiger partial charge in [-0.3, -0.25) is 0 Å².